The van der Waals surface area contributed by atoms with E-state index in [0.29, 0.717) is 11.5 Å². The van der Waals surface area contributed by atoms with E-state index >= 15 is 0 Å². The van der Waals surface area contributed by atoms with Crippen molar-refractivity contribution in [3.05, 3.63) is 60.6 Å². The number of benzene rings is 1. The molecule has 0 radical (unpaired) electrons. The summed E-state index contributed by atoms with van der Waals surface area (Å²) in [4.78, 5) is 0. The average molecular weight is 365 g/mol. The molecule has 0 N–H and O–H groups in total. The predicted octanol–water partition coefficient (Wildman–Crippen LogP) is 5.28. The van der Waals surface area contributed by atoms with Crippen molar-refractivity contribution in [3.8, 4) is 11.5 Å². The Hall–Kier alpha value is -1.97. The molecule has 0 bridgehead atoms. The van der Waals surface area contributed by atoms with E-state index in [1.807, 2.05) is 55.5 Å². The number of ether oxygens (including phenoxy) is 2. The van der Waals surface area contributed by atoms with Crippen molar-refractivity contribution in [2.45, 2.75) is 20.8 Å². The van der Waals surface area contributed by atoms with E-state index in [1.165, 1.54) is 0 Å². The molecule has 1 aromatic carbocycles. The molecule has 138 valence electrons. The van der Waals surface area contributed by atoms with E-state index in [9.17, 15) is 0 Å². The third-order valence-electron chi connectivity index (χ3n) is 3.20. The highest BCUT2D eigenvalue weighted by Gasteiger charge is 2.23. The molecule has 0 spiro atoms. The number of rotatable bonds is 11. The molecule has 1 rings (SSSR count). The molecule has 1 atom stereocenters. The molecule has 6 heteroatoms. The number of hydrogen-bond acceptors (Lipinski definition) is 5. The van der Waals surface area contributed by atoms with Crippen LogP contribution in [0.2, 0.25) is 0 Å². The van der Waals surface area contributed by atoms with Gasteiger partial charge >= 0.3 is 8.53 Å². The van der Waals surface area contributed by atoms with Gasteiger partial charge in [0.1, 0.15) is 5.76 Å². The summed E-state index contributed by atoms with van der Waals surface area (Å²) in [5.41, 5.74) is 0. The Morgan fingerprint density at radius 1 is 1.04 bits per heavy atom. The molecule has 0 aliphatic carbocycles. The normalized spacial score (nSPS) is 13.4. The summed E-state index contributed by atoms with van der Waals surface area (Å²) in [7, 11) is 1.96. The van der Waals surface area contributed by atoms with Gasteiger partial charge in [-0.25, -0.2) is 4.67 Å². The van der Waals surface area contributed by atoms with Crippen LogP contribution in [0.1, 0.15) is 20.8 Å². The van der Waals surface area contributed by atoms with Crippen molar-refractivity contribution < 1.29 is 18.5 Å². The Morgan fingerprint density at radius 3 is 2.32 bits per heavy atom. The van der Waals surface area contributed by atoms with Gasteiger partial charge < -0.3 is 18.5 Å². The fraction of sp³-hybridized carbons (Fsp3) is 0.368. The van der Waals surface area contributed by atoms with Gasteiger partial charge in [-0.15, -0.1) is 0 Å². The van der Waals surface area contributed by atoms with Crippen LogP contribution < -0.4 is 9.26 Å². The SMILES string of the molecule is CCN(CC)P(O/C(C)=C/C=C\C=C\OC)Oc1ccccc1OC. The first-order chi connectivity index (χ1) is 12.2. The molecule has 1 aromatic rings. The van der Waals surface area contributed by atoms with E-state index < -0.39 is 8.53 Å². The lowest BCUT2D eigenvalue weighted by Gasteiger charge is -2.28. The summed E-state index contributed by atoms with van der Waals surface area (Å²) in [6.07, 6.45) is 9.07. The summed E-state index contributed by atoms with van der Waals surface area (Å²) in [6.45, 7) is 7.74. The zero-order valence-electron chi connectivity index (χ0n) is 15.6. The van der Waals surface area contributed by atoms with E-state index in [2.05, 4.69) is 18.5 Å². The first kappa shape index (κ1) is 21.1. The van der Waals surface area contributed by atoms with Crippen LogP contribution in [-0.2, 0) is 9.26 Å². The second-order valence-electron chi connectivity index (χ2n) is 4.94. The van der Waals surface area contributed by atoms with Crippen molar-refractivity contribution in [2.24, 2.45) is 0 Å². The van der Waals surface area contributed by atoms with E-state index in [1.54, 1.807) is 20.5 Å². The molecule has 0 aliphatic rings. The summed E-state index contributed by atoms with van der Waals surface area (Å²) >= 11 is 0. The third kappa shape index (κ3) is 7.63. The first-order valence-electron chi connectivity index (χ1n) is 8.23. The quantitative estimate of drug-likeness (QED) is 0.303. The minimum Gasteiger partial charge on any atom is -0.504 e. The Morgan fingerprint density at radius 2 is 1.72 bits per heavy atom. The third-order valence-corrected chi connectivity index (χ3v) is 5.02. The zero-order valence-corrected chi connectivity index (χ0v) is 16.5. The average Bonchev–Trinajstić information content (AvgIpc) is 2.63. The van der Waals surface area contributed by atoms with Gasteiger partial charge in [0.15, 0.2) is 11.5 Å². The molecule has 0 saturated carbocycles. The van der Waals surface area contributed by atoms with Gasteiger partial charge in [0.05, 0.1) is 20.5 Å². The van der Waals surface area contributed by atoms with Gasteiger partial charge in [0, 0.05) is 13.1 Å². The lowest BCUT2D eigenvalue weighted by Crippen LogP contribution is -2.20. The largest absolute Gasteiger partial charge is 0.504 e. The van der Waals surface area contributed by atoms with Crippen molar-refractivity contribution in [2.75, 3.05) is 27.3 Å². The van der Waals surface area contributed by atoms with Gasteiger partial charge in [0.25, 0.3) is 0 Å². The molecular weight excluding hydrogens is 337 g/mol. The smallest absolute Gasteiger partial charge is 0.384 e. The minimum atomic E-state index is -1.28. The highest BCUT2D eigenvalue weighted by atomic mass is 31.2. The van der Waals surface area contributed by atoms with Gasteiger partial charge in [0.2, 0.25) is 0 Å². The molecule has 25 heavy (non-hydrogen) atoms. The maximum absolute atomic E-state index is 6.14. The number of allylic oxidation sites excluding steroid dienone is 5. The number of methoxy groups -OCH3 is 2. The summed E-state index contributed by atoms with van der Waals surface area (Å²) < 4.78 is 24.6. The van der Waals surface area contributed by atoms with Crippen LogP contribution in [0.5, 0.6) is 11.5 Å². The Kier molecular flexibility index (Phi) is 10.5. The molecule has 0 aliphatic heterocycles. The van der Waals surface area contributed by atoms with E-state index in [-0.39, 0.29) is 0 Å². The zero-order chi connectivity index (χ0) is 18.5. The van der Waals surface area contributed by atoms with Crippen LogP contribution >= 0.6 is 8.53 Å². The fourth-order valence-electron chi connectivity index (χ4n) is 1.90. The monoisotopic (exact) mass is 365 g/mol. The van der Waals surface area contributed by atoms with Gasteiger partial charge in [-0.2, -0.15) is 0 Å². The van der Waals surface area contributed by atoms with Gasteiger partial charge in [-0.3, -0.25) is 0 Å². The number of hydrogen-bond donors (Lipinski definition) is 0. The maximum Gasteiger partial charge on any atom is 0.384 e. The van der Waals surface area contributed by atoms with Crippen LogP contribution in [0.25, 0.3) is 0 Å². The lowest BCUT2D eigenvalue weighted by molar-refractivity contribution is 0.317. The standard InChI is InChI=1S/C19H28NO4P/c1-6-20(7-2)25(23-17(3)13-9-8-12-16-21-4)24-19-15-11-10-14-18(19)22-5/h8-16H,6-7H2,1-5H3/b9-8-,16-12+,17-13+. The van der Waals surface area contributed by atoms with Crippen molar-refractivity contribution >= 4 is 8.53 Å². The van der Waals surface area contributed by atoms with Crippen LogP contribution in [0.4, 0.5) is 0 Å². The van der Waals surface area contributed by atoms with Crippen LogP contribution in [0.15, 0.2) is 60.6 Å². The highest BCUT2D eigenvalue weighted by molar-refractivity contribution is 7.45. The predicted molar refractivity (Wildman–Crippen MR) is 104 cm³/mol. The summed E-state index contributed by atoms with van der Waals surface area (Å²) in [6, 6.07) is 7.59. The fourth-order valence-corrected chi connectivity index (χ4v) is 3.26. The maximum atomic E-state index is 6.14. The molecule has 5 nitrogen and oxygen atoms in total. The topological polar surface area (TPSA) is 40.2 Å². The molecule has 0 heterocycles. The van der Waals surface area contributed by atoms with Crippen LogP contribution in [0.3, 0.4) is 0 Å². The van der Waals surface area contributed by atoms with Crippen molar-refractivity contribution in [1.82, 2.24) is 4.67 Å². The van der Waals surface area contributed by atoms with Crippen LogP contribution in [0, 0.1) is 0 Å². The van der Waals surface area contributed by atoms with Gasteiger partial charge in [-0.05, 0) is 31.2 Å². The molecular formula is C19H28NO4P. The Balaban J connectivity index is 2.88. The Labute approximate surface area is 152 Å². The van der Waals surface area contributed by atoms with E-state index in [0.717, 1.165) is 18.8 Å². The summed E-state index contributed by atoms with van der Waals surface area (Å²) in [5, 5.41) is 0. The second kappa shape index (κ2) is 12.4. The number of para-hydroxylation sites is 2. The summed E-state index contributed by atoms with van der Waals surface area (Å²) in [5.74, 6) is 2.14. The van der Waals surface area contributed by atoms with E-state index in [4.69, 9.17) is 18.5 Å². The van der Waals surface area contributed by atoms with Crippen molar-refractivity contribution in [3.63, 3.8) is 0 Å². The van der Waals surface area contributed by atoms with Gasteiger partial charge in [-0.1, -0.05) is 38.1 Å². The number of nitrogens with zero attached hydrogens (tertiary/aromatic N) is 1. The molecule has 0 saturated heterocycles. The first-order valence-corrected chi connectivity index (χ1v) is 9.36. The highest BCUT2D eigenvalue weighted by Crippen LogP contribution is 2.47. The lowest BCUT2D eigenvalue weighted by atomic mass is 10.3. The second-order valence-corrected chi connectivity index (χ2v) is 6.34. The van der Waals surface area contributed by atoms with Crippen molar-refractivity contribution in [1.29, 1.82) is 0 Å². The molecule has 1 unspecified atom stereocenters. The Bertz CT molecular complexity index is 583. The molecule has 0 aromatic heterocycles. The minimum absolute atomic E-state index is 0.675. The molecule has 0 amide bonds. The van der Waals surface area contributed by atoms with Crippen LogP contribution in [-0.4, -0.2) is 32.0 Å². The molecule has 0 fully saturated rings.